The fourth-order valence-electron chi connectivity index (χ4n) is 1.23. The molecule has 1 aromatic carbocycles. The van der Waals surface area contributed by atoms with E-state index in [1.807, 2.05) is 37.3 Å². The number of aryl methyl sites for hydroxylation is 1. The number of rotatable bonds is 3. The number of nitrogens with two attached hydrogens (primary N) is 1. The minimum Gasteiger partial charge on any atom is -0.399 e. The smallest absolute Gasteiger partial charge is 0.217 e. The number of benzene rings is 1. The van der Waals surface area contributed by atoms with Crippen molar-refractivity contribution in [2.24, 2.45) is 0 Å². The van der Waals surface area contributed by atoms with Crippen molar-refractivity contribution in [3.05, 3.63) is 35.4 Å². The molecule has 0 aromatic heterocycles. The number of nitrogen functional groups attached to an aromatic ring is 1. The van der Waals surface area contributed by atoms with Crippen molar-refractivity contribution in [1.82, 2.24) is 5.32 Å². The molecule has 0 bridgehead atoms. The lowest BCUT2D eigenvalue weighted by atomic mass is 10.1. The number of amides is 1. The quantitative estimate of drug-likeness (QED) is 0.737. The molecule has 0 saturated heterocycles. The van der Waals surface area contributed by atoms with Crippen LogP contribution in [0.3, 0.4) is 0 Å². The van der Waals surface area contributed by atoms with Crippen molar-refractivity contribution < 1.29 is 4.79 Å². The van der Waals surface area contributed by atoms with Gasteiger partial charge in [0.15, 0.2) is 0 Å². The van der Waals surface area contributed by atoms with E-state index in [1.54, 1.807) is 0 Å². The van der Waals surface area contributed by atoms with Gasteiger partial charge in [-0.1, -0.05) is 18.2 Å². The molecule has 0 spiro atoms. The Kier molecular flexibility index (Phi) is 3.92. The van der Waals surface area contributed by atoms with Crippen LogP contribution in [0, 0.1) is 6.92 Å². The minimum absolute atomic E-state index is 0.0241. The molecule has 15 heavy (non-hydrogen) atoms. The number of carbonyl (C=O) groups excluding carboxylic acids is 1. The zero-order valence-electron chi connectivity index (χ0n) is 9.08. The zero-order chi connectivity index (χ0) is 11.3. The standard InChI is InChI=1S/C12H16N2O/c1-9-5-6-12(13)8-11(9)4-3-7-14-10(2)15/h3-6,8H,7,13H2,1-2H3,(H,14,15). The lowest BCUT2D eigenvalue weighted by Crippen LogP contribution is -2.19. The summed E-state index contributed by atoms with van der Waals surface area (Å²) in [7, 11) is 0. The highest BCUT2D eigenvalue weighted by Gasteiger charge is 1.94. The van der Waals surface area contributed by atoms with E-state index in [9.17, 15) is 4.79 Å². The van der Waals surface area contributed by atoms with Gasteiger partial charge in [0.2, 0.25) is 5.91 Å². The van der Waals surface area contributed by atoms with Crippen LogP contribution in [0.1, 0.15) is 18.1 Å². The molecule has 0 aliphatic carbocycles. The van der Waals surface area contributed by atoms with Crippen molar-refractivity contribution in [2.75, 3.05) is 12.3 Å². The van der Waals surface area contributed by atoms with Gasteiger partial charge in [0.05, 0.1) is 0 Å². The van der Waals surface area contributed by atoms with Gasteiger partial charge in [-0.05, 0) is 30.2 Å². The fourth-order valence-corrected chi connectivity index (χ4v) is 1.23. The molecular formula is C12H16N2O. The summed E-state index contributed by atoms with van der Waals surface area (Å²) in [6.45, 7) is 4.07. The Morgan fingerprint density at radius 1 is 1.53 bits per heavy atom. The minimum atomic E-state index is -0.0241. The second kappa shape index (κ2) is 5.20. The summed E-state index contributed by atoms with van der Waals surface area (Å²) in [6, 6.07) is 5.77. The lowest BCUT2D eigenvalue weighted by Gasteiger charge is -2.01. The van der Waals surface area contributed by atoms with Gasteiger partial charge in [-0.15, -0.1) is 0 Å². The van der Waals surface area contributed by atoms with Crippen molar-refractivity contribution in [3.8, 4) is 0 Å². The number of carbonyl (C=O) groups is 1. The average Bonchev–Trinajstić information content (AvgIpc) is 2.17. The number of hydrogen-bond donors (Lipinski definition) is 2. The molecule has 3 nitrogen and oxygen atoms in total. The van der Waals surface area contributed by atoms with Gasteiger partial charge in [-0.3, -0.25) is 4.79 Å². The van der Waals surface area contributed by atoms with Gasteiger partial charge in [-0.25, -0.2) is 0 Å². The van der Waals surface area contributed by atoms with Crippen LogP contribution in [-0.4, -0.2) is 12.5 Å². The SMILES string of the molecule is CC(=O)NCC=Cc1cc(N)ccc1C. The first-order valence-electron chi connectivity index (χ1n) is 4.86. The summed E-state index contributed by atoms with van der Waals surface area (Å²) in [6.07, 6.45) is 3.87. The van der Waals surface area contributed by atoms with Crippen LogP contribution < -0.4 is 11.1 Å². The average molecular weight is 204 g/mol. The van der Waals surface area contributed by atoms with Gasteiger partial charge in [-0.2, -0.15) is 0 Å². The Morgan fingerprint density at radius 2 is 2.27 bits per heavy atom. The third kappa shape index (κ3) is 3.85. The second-order valence-electron chi connectivity index (χ2n) is 3.46. The van der Waals surface area contributed by atoms with E-state index < -0.39 is 0 Å². The van der Waals surface area contributed by atoms with Crippen LogP contribution in [0.2, 0.25) is 0 Å². The molecule has 0 unspecified atom stereocenters. The van der Waals surface area contributed by atoms with E-state index in [2.05, 4.69) is 5.32 Å². The predicted molar refractivity (Wildman–Crippen MR) is 63.3 cm³/mol. The monoisotopic (exact) mass is 204 g/mol. The topological polar surface area (TPSA) is 55.1 Å². The van der Waals surface area contributed by atoms with E-state index in [0.717, 1.165) is 11.3 Å². The second-order valence-corrected chi connectivity index (χ2v) is 3.46. The molecule has 0 aliphatic rings. The molecule has 80 valence electrons. The number of anilines is 1. The summed E-state index contributed by atoms with van der Waals surface area (Å²) in [4.78, 5) is 10.6. The molecule has 1 aromatic rings. The third-order valence-corrected chi connectivity index (χ3v) is 2.07. The van der Waals surface area contributed by atoms with E-state index in [4.69, 9.17) is 5.73 Å². The Labute approximate surface area is 90.0 Å². The first-order chi connectivity index (χ1) is 7.09. The Balaban J connectivity index is 2.63. The maximum absolute atomic E-state index is 10.6. The molecule has 3 N–H and O–H groups in total. The summed E-state index contributed by atoms with van der Waals surface area (Å²) < 4.78 is 0. The van der Waals surface area contributed by atoms with Crippen molar-refractivity contribution in [1.29, 1.82) is 0 Å². The molecule has 0 aliphatic heterocycles. The van der Waals surface area contributed by atoms with Crippen LogP contribution in [0.15, 0.2) is 24.3 Å². The largest absolute Gasteiger partial charge is 0.399 e. The van der Waals surface area contributed by atoms with Crippen molar-refractivity contribution in [2.45, 2.75) is 13.8 Å². The van der Waals surface area contributed by atoms with Crippen LogP contribution in [0.4, 0.5) is 5.69 Å². The van der Waals surface area contributed by atoms with Crippen LogP contribution in [-0.2, 0) is 4.79 Å². The van der Waals surface area contributed by atoms with Crippen LogP contribution in [0.5, 0.6) is 0 Å². The van der Waals surface area contributed by atoms with E-state index in [0.29, 0.717) is 6.54 Å². The Bertz CT molecular complexity index is 383. The molecule has 0 atom stereocenters. The highest BCUT2D eigenvalue weighted by molar-refractivity contribution is 5.73. The molecule has 0 heterocycles. The maximum Gasteiger partial charge on any atom is 0.217 e. The molecule has 0 saturated carbocycles. The van der Waals surface area contributed by atoms with Crippen LogP contribution >= 0.6 is 0 Å². The fraction of sp³-hybridized carbons (Fsp3) is 0.250. The van der Waals surface area contributed by atoms with E-state index in [-0.39, 0.29) is 5.91 Å². The molecule has 0 fully saturated rings. The maximum atomic E-state index is 10.6. The van der Waals surface area contributed by atoms with Gasteiger partial charge in [0.1, 0.15) is 0 Å². The molecular weight excluding hydrogens is 188 g/mol. The Hall–Kier alpha value is -1.77. The first kappa shape index (κ1) is 11.3. The van der Waals surface area contributed by atoms with Gasteiger partial charge >= 0.3 is 0 Å². The zero-order valence-corrected chi connectivity index (χ0v) is 9.08. The highest BCUT2D eigenvalue weighted by atomic mass is 16.1. The van der Waals surface area contributed by atoms with Crippen LogP contribution in [0.25, 0.3) is 6.08 Å². The predicted octanol–water partition coefficient (Wildman–Crippen LogP) is 1.73. The summed E-state index contributed by atoms with van der Waals surface area (Å²) in [5.74, 6) is -0.0241. The lowest BCUT2D eigenvalue weighted by molar-refractivity contribution is -0.118. The molecule has 3 heteroatoms. The van der Waals surface area contributed by atoms with Gasteiger partial charge in [0, 0.05) is 19.2 Å². The first-order valence-corrected chi connectivity index (χ1v) is 4.86. The van der Waals surface area contributed by atoms with Crippen molar-refractivity contribution in [3.63, 3.8) is 0 Å². The van der Waals surface area contributed by atoms with Crippen molar-refractivity contribution >= 4 is 17.7 Å². The van der Waals surface area contributed by atoms with E-state index >= 15 is 0 Å². The Morgan fingerprint density at radius 3 is 2.93 bits per heavy atom. The third-order valence-electron chi connectivity index (χ3n) is 2.07. The summed E-state index contributed by atoms with van der Waals surface area (Å²) in [5.41, 5.74) is 8.68. The molecule has 0 radical (unpaired) electrons. The summed E-state index contributed by atoms with van der Waals surface area (Å²) in [5, 5.41) is 2.69. The molecule has 1 amide bonds. The van der Waals surface area contributed by atoms with Gasteiger partial charge in [0.25, 0.3) is 0 Å². The van der Waals surface area contributed by atoms with E-state index in [1.165, 1.54) is 12.5 Å². The van der Waals surface area contributed by atoms with Gasteiger partial charge < -0.3 is 11.1 Å². The summed E-state index contributed by atoms with van der Waals surface area (Å²) >= 11 is 0. The normalized spacial score (nSPS) is 10.5. The number of nitrogens with one attached hydrogen (secondary N) is 1. The molecule has 1 rings (SSSR count). The highest BCUT2D eigenvalue weighted by Crippen LogP contribution is 2.13. The number of hydrogen-bond acceptors (Lipinski definition) is 2.